The molecule has 3 nitrogen and oxygen atoms in total. The number of rotatable bonds is 23. The fraction of sp³-hybridized carbons (Fsp3) is 1.00. The van der Waals surface area contributed by atoms with Crippen LogP contribution >= 0.6 is 0 Å². The van der Waals surface area contributed by atoms with E-state index in [0.717, 1.165) is 12.5 Å². The first-order chi connectivity index (χ1) is 14.4. The Morgan fingerprint density at radius 3 is 1.20 bits per heavy atom. The molecular formula is C26H56O3Si. The molecule has 0 aliphatic heterocycles. The first-order valence-electron chi connectivity index (χ1n) is 13.1. The Bertz CT molecular complexity index is 348. The first-order valence-corrected chi connectivity index (χ1v) is 15.0. The molecule has 0 fully saturated rings. The molecule has 0 N–H and O–H groups in total. The second-order valence-corrected chi connectivity index (χ2v) is 13.1. The van der Waals surface area contributed by atoms with E-state index in [9.17, 15) is 0 Å². The topological polar surface area (TPSA) is 27.7 Å². The third-order valence-electron chi connectivity index (χ3n) is 6.73. The molecule has 182 valence electrons. The van der Waals surface area contributed by atoms with E-state index < -0.39 is 8.80 Å². The maximum Gasteiger partial charge on any atom is 0.500 e. The summed E-state index contributed by atoms with van der Waals surface area (Å²) in [6, 6.07) is 0.915. The zero-order chi connectivity index (χ0) is 22.6. The van der Waals surface area contributed by atoms with Gasteiger partial charge in [0.25, 0.3) is 0 Å². The molecule has 0 unspecified atom stereocenters. The molecule has 0 aromatic heterocycles. The summed E-state index contributed by atoms with van der Waals surface area (Å²) >= 11 is 0. The van der Waals surface area contributed by atoms with Crippen molar-refractivity contribution in [3.63, 3.8) is 0 Å². The molecule has 0 aliphatic carbocycles. The van der Waals surface area contributed by atoms with Crippen LogP contribution in [-0.4, -0.2) is 30.1 Å². The summed E-state index contributed by atoms with van der Waals surface area (Å²) in [4.78, 5) is 0. The van der Waals surface area contributed by atoms with Crippen molar-refractivity contribution in [1.29, 1.82) is 0 Å². The van der Waals surface area contributed by atoms with Gasteiger partial charge in [0.2, 0.25) is 0 Å². The average Bonchev–Trinajstić information content (AvgIpc) is 2.74. The highest BCUT2D eigenvalue weighted by Gasteiger charge is 2.37. The van der Waals surface area contributed by atoms with Crippen molar-refractivity contribution in [2.45, 2.75) is 142 Å². The molecule has 0 bridgehead atoms. The second kappa shape index (κ2) is 19.8. The van der Waals surface area contributed by atoms with E-state index in [1.54, 1.807) is 21.3 Å². The van der Waals surface area contributed by atoms with Gasteiger partial charge in [-0.05, 0) is 24.7 Å². The van der Waals surface area contributed by atoms with Gasteiger partial charge in [-0.2, -0.15) is 0 Å². The van der Waals surface area contributed by atoms with Gasteiger partial charge in [0.1, 0.15) is 0 Å². The molecule has 0 aliphatic rings. The molecule has 0 amide bonds. The van der Waals surface area contributed by atoms with Crippen LogP contribution in [0.1, 0.15) is 136 Å². The van der Waals surface area contributed by atoms with Crippen LogP contribution in [0.4, 0.5) is 0 Å². The average molecular weight is 445 g/mol. The fourth-order valence-corrected chi connectivity index (χ4v) is 6.16. The van der Waals surface area contributed by atoms with Gasteiger partial charge in [-0.3, -0.25) is 0 Å². The lowest BCUT2D eigenvalue weighted by Crippen LogP contribution is -2.42. The standard InChI is InChI=1S/C26H56O3Si/c1-7-8-9-10-11-12-13-14-15-16-17-18-19-20-21-23-26(2,3)24-22-25-30(27-4,28-5)29-6/h7-25H2,1-6H3. The Hall–Kier alpha value is 0.0969. The molecule has 0 aromatic carbocycles. The van der Waals surface area contributed by atoms with E-state index in [2.05, 4.69) is 20.8 Å². The number of unbranched alkanes of at least 4 members (excludes halogenated alkanes) is 14. The third-order valence-corrected chi connectivity index (χ3v) is 9.56. The largest absolute Gasteiger partial charge is 0.500 e. The van der Waals surface area contributed by atoms with Crippen LogP contribution in [0.5, 0.6) is 0 Å². The van der Waals surface area contributed by atoms with Gasteiger partial charge in [-0.1, -0.05) is 117 Å². The van der Waals surface area contributed by atoms with Crippen molar-refractivity contribution < 1.29 is 13.3 Å². The summed E-state index contributed by atoms with van der Waals surface area (Å²) in [5, 5.41) is 0. The van der Waals surface area contributed by atoms with Crippen LogP contribution in [0.3, 0.4) is 0 Å². The molecule has 4 heteroatoms. The van der Waals surface area contributed by atoms with E-state index >= 15 is 0 Å². The van der Waals surface area contributed by atoms with Crippen molar-refractivity contribution in [3.05, 3.63) is 0 Å². The summed E-state index contributed by atoms with van der Waals surface area (Å²) in [5.74, 6) is 0. The van der Waals surface area contributed by atoms with Gasteiger partial charge in [-0.25, -0.2) is 0 Å². The monoisotopic (exact) mass is 444 g/mol. The van der Waals surface area contributed by atoms with E-state index in [4.69, 9.17) is 13.3 Å². The van der Waals surface area contributed by atoms with E-state index in [0.29, 0.717) is 5.41 Å². The van der Waals surface area contributed by atoms with Gasteiger partial charge in [-0.15, -0.1) is 0 Å². The molecule has 0 radical (unpaired) electrons. The summed E-state index contributed by atoms with van der Waals surface area (Å²) in [6.45, 7) is 7.11. The Kier molecular flexibility index (Phi) is 19.8. The minimum Gasteiger partial charge on any atom is -0.377 e. The van der Waals surface area contributed by atoms with Crippen molar-refractivity contribution in [3.8, 4) is 0 Å². The van der Waals surface area contributed by atoms with E-state index in [1.165, 1.54) is 109 Å². The predicted octanol–water partition coefficient (Wildman–Crippen LogP) is 8.93. The van der Waals surface area contributed by atoms with Gasteiger partial charge >= 0.3 is 8.80 Å². The summed E-state index contributed by atoms with van der Waals surface area (Å²) in [5.41, 5.74) is 0.409. The minimum atomic E-state index is -2.39. The predicted molar refractivity (Wildman–Crippen MR) is 134 cm³/mol. The molecule has 0 heterocycles. The van der Waals surface area contributed by atoms with Gasteiger partial charge in [0.05, 0.1) is 0 Å². The summed E-state index contributed by atoms with van der Waals surface area (Å²) in [6.07, 6.45) is 25.2. The highest BCUT2D eigenvalue weighted by molar-refractivity contribution is 6.60. The molecule has 0 atom stereocenters. The van der Waals surface area contributed by atoms with Gasteiger partial charge in [0.15, 0.2) is 0 Å². The fourth-order valence-electron chi connectivity index (χ4n) is 4.44. The zero-order valence-electron chi connectivity index (χ0n) is 21.7. The highest BCUT2D eigenvalue weighted by atomic mass is 28.4. The normalized spacial score (nSPS) is 12.6. The number of hydrogen-bond acceptors (Lipinski definition) is 3. The Morgan fingerprint density at radius 2 is 0.833 bits per heavy atom. The third kappa shape index (κ3) is 16.7. The summed E-state index contributed by atoms with van der Waals surface area (Å²) < 4.78 is 16.6. The molecule has 0 aromatic rings. The highest BCUT2D eigenvalue weighted by Crippen LogP contribution is 2.31. The zero-order valence-corrected chi connectivity index (χ0v) is 22.7. The maximum absolute atomic E-state index is 5.54. The van der Waals surface area contributed by atoms with E-state index in [-0.39, 0.29) is 0 Å². The number of hydrogen-bond donors (Lipinski definition) is 0. The van der Waals surface area contributed by atoms with E-state index in [1.807, 2.05) is 0 Å². The van der Waals surface area contributed by atoms with Crippen LogP contribution in [0, 0.1) is 5.41 Å². The molecule has 0 rings (SSSR count). The van der Waals surface area contributed by atoms with Crippen LogP contribution in [0.2, 0.25) is 6.04 Å². The van der Waals surface area contributed by atoms with Crippen molar-refractivity contribution >= 4 is 8.80 Å². The molecule has 0 spiro atoms. The van der Waals surface area contributed by atoms with Crippen molar-refractivity contribution in [2.75, 3.05) is 21.3 Å². The lowest BCUT2D eigenvalue weighted by molar-refractivity contribution is 0.121. The Labute approximate surface area is 191 Å². The van der Waals surface area contributed by atoms with Crippen LogP contribution in [0.25, 0.3) is 0 Å². The summed E-state index contributed by atoms with van der Waals surface area (Å²) in [7, 11) is 2.73. The van der Waals surface area contributed by atoms with Crippen molar-refractivity contribution in [1.82, 2.24) is 0 Å². The van der Waals surface area contributed by atoms with Gasteiger partial charge in [0, 0.05) is 27.4 Å². The van der Waals surface area contributed by atoms with Crippen molar-refractivity contribution in [2.24, 2.45) is 5.41 Å². The lowest BCUT2D eigenvalue weighted by Gasteiger charge is -2.28. The minimum absolute atomic E-state index is 0.409. The van der Waals surface area contributed by atoms with Crippen LogP contribution in [-0.2, 0) is 13.3 Å². The van der Waals surface area contributed by atoms with Crippen LogP contribution < -0.4 is 0 Å². The Balaban J connectivity index is 3.50. The van der Waals surface area contributed by atoms with Crippen LogP contribution in [0.15, 0.2) is 0 Å². The second-order valence-electron chi connectivity index (χ2n) is 10.0. The molecule has 30 heavy (non-hydrogen) atoms. The smallest absolute Gasteiger partial charge is 0.377 e. The van der Waals surface area contributed by atoms with Gasteiger partial charge < -0.3 is 13.3 Å². The SMILES string of the molecule is CCCCCCCCCCCCCCCCCC(C)(C)CCC[Si](OC)(OC)OC. The molecular weight excluding hydrogens is 388 g/mol. The maximum atomic E-state index is 5.54. The first kappa shape index (κ1) is 30.1. The Morgan fingerprint density at radius 1 is 0.500 bits per heavy atom. The lowest BCUT2D eigenvalue weighted by atomic mass is 9.82. The molecule has 0 saturated heterocycles. The quantitative estimate of drug-likeness (QED) is 0.116. The molecule has 0 saturated carbocycles.